The van der Waals surface area contributed by atoms with E-state index in [1.807, 2.05) is 32.0 Å². The van der Waals surface area contributed by atoms with E-state index in [1.165, 1.54) is 29.5 Å². The Morgan fingerprint density at radius 1 is 1.11 bits per heavy atom. The van der Waals surface area contributed by atoms with E-state index in [1.54, 1.807) is 0 Å². The fraction of sp³-hybridized carbons (Fsp3) is 0.600. The van der Waals surface area contributed by atoms with Crippen molar-refractivity contribution in [3.63, 3.8) is 0 Å². The summed E-state index contributed by atoms with van der Waals surface area (Å²) in [7, 11) is 0. The zero-order valence-electron chi connectivity index (χ0n) is 11.3. The molecule has 3 saturated heterocycles. The van der Waals surface area contributed by atoms with Gasteiger partial charge in [-0.15, -0.1) is 0 Å². The highest BCUT2D eigenvalue weighted by molar-refractivity contribution is 14.1. The summed E-state index contributed by atoms with van der Waals surface area (Å²) in [6, 6.07) is 10.2. The molecule has 18 heavy (non-hydrogen) atoms. The molecule has 1 aromatic carbocycles. The third-order valence-corrected chi connectivity index (χ3v) is 4.07. The van der Waals surface area contributed by atoms with Gasteiger partial charge in [-0.05, 0) is 66.6 Å². The molecule has 1 N–H and O–H groups in total. The number of fused-ring (bicyclic) bond motifs is 3. The quantitative estimate of drug-likeness (QED) is 0.716. The number of rotatable bonds is 0. The van der Waals surface area contributed by atoms with E-state index in [2.05, 4.69) is 39.6 Å². The van der Waals surface area contributed by atoms with Crippen molar-refractivity contribution in [1.29, 1.82) is 0 Å². The number of benzene rings is 1. The Kier molecular flexibility index (Phi) is 7.86. The Hall–Kier alpha value is -0.130. The van der Waals surface area contributed by atoms with E-state index in [9.17, 15) is 5.11 Å². The van der Waals surface area contributed by atoms with Crippen LogP contribution in [0.15, 0.2) is 30.3 Å². The highest BCUT2D eigenvalue weighted by Crippen LogP contribution is 2.26. The Labute approximate surface area is 125 Å². The van der Waals surface area contributed by atoms with Crippen LogP contribution in [0.4, 0.5) is 0 Å². The predicted molar refractivity (Wildman–Crippen MR) is 85.7 cm³/mol. The van der Waals surface area contributed by atoms with Gasteiger partial charge in [-0.25, -0.2) is 0 Å². The van der Waals surface area contributed by atoms with Crippen LogP contribution >= 0.6 is 22.6 Å². The average molecular weight is 361 g/mol. The van der Waals surface area contributed by atoms with Gasteiger partial charge in [0.2, 0.25) is 0 Å². The third-order valence-electron chi connectivity index (χ3n) is 3.35. The summed E-state index contributed by atoms with van der Waals surface area (Å²) in [5.41, 5.74) is 0. The Morgan fingerprint density at radius 3 is 1.89 bits per heavy atom. The molecule has 0 aromatic heterocycles. The SMILES string of the molecule is CC.Ic1ccccc1.O[C@H]1CN2CCC1CC2. The molecule has 1 atom stereocenters. The second-order valence-electron chi connectivity index (χ2n) is 4.50. The monoisotopic (exact) mass is 361 g/mol. The molecular weight excluding hydrogens is 337 g/mol. The molecule has 2 nitrogen and oxygen atoms in total. The second kappa shape index (κ2) is 8.88. The summed E-state index contributed by atoms with van der Waals surface area (Å²) < 4.78 is 1.29. The lowest BCUT2D eigenvalue weighted by atomic mass is 9.86. The van der Waals surface area contributed by atoms with E-state index in [4.69, 9.17) is 0 Å². The second-order valence-corrected chi connectivity index (χ2v) is 5.75. The maximum absolute atomic E-state index is 9.36. The van der Waals surface area contributed by atoms with Crippen molar-refractivity contribution in [2.75, 3.05) is 19.6 Å². The number of piperidine rings is 3. The first-order chi connectivity index (χ1) is 8.75. The van der Waals surface area contributed by atoms with Crippen molar-refractivity contribution < 1.29 is 5.11 Å². The molecule has 0 amide bonds. The van der Waals surface area contributed by atoms with Gasteiger partial charge < -0.3 is 10.0 Å². The predicted octanol–water partition coefficient (Wildman–Crippen LogP) is 3.39. The number of aliphatic hydroxyl groups excluding tert-OH is 1. The van der Waals surface area contributed by atoms with E-state index in [0.717, 1.165) is 6.54 Å². The molecule has 3 aliphatic rings. The number of hydrogen-bond donors (Lipinski definition) is 1. The Morgan fingerprint density at radius 2 is 1.67 bits per heavy atom. The van der Waals surface area contributed by atoms with E-state index in [-0.39, 0.29) is 6.10 Å². The van der Waals surface area contributed by atoms with Crippen molar-refractivity contribution in [3.05, 3.63) is 33.9 Å². The third kappa shape index (κ3) is 5.24. The van der Waals surface area contributed by atoms with Gasteiger partial charge in [-0.1, -0.05) is 32.0 Å². The molecule has 0 spiro atoms. The van der Waals surface area contributed by atoms with Gasteiger partial charge in [0.15, 0.2) is 0 Å². The topological polar surface area (TPSA) is 23.5 Å². The fourth-order valence-electron chi connectivity index (χ4n) is 2.35. The Bertz CT molecular complexity index is 310. The van der Waals surface area contributed by atoms with Gasteiger partial charge in [-0.3, -0.25) is 0 Å². The number of nitrogens with zero attached hydrogens (tertiary/aromatic N) is 1. The van der Waals surface area contributed by atoms with Crippen LogP contribution in [0.1, 0.15) is 26.7 Å². The first-order valence-corrected chi connectivity index (χ1v) is 7.94. The van der Waals surface area contributed by atoms with Crippen LogP contribution in [0.5, 0.6) is 0 Å². The first-order valence-electron chi connectivity index (χ1n) is 6.86. The zero-order valence-corrected chi connectivity index (χ0v) is 13.5. The molecule has 3 fully saturated rings. The van der Waals surface area contributed by atoms with Crippen molar-refractivity contribution in [2.45, 2.75) is 32.8 Å². The number of halogens is 1. The molecule has 0 unspecified atom stereocenters. The molecule has 0 radical (unpaired) electrons. The summed E-state index contributed by atoms with van der Waals surface area (Å²) in [5, 5.41) is 9.36. The summed E-state index contributed by atoms with van der Waals surface area (Å²) >= 11 is 2.28. The van der Waals surface area contributed by atoms with Crippen LogP contribution in [0.2, 0.25) is 0 Å². The standard InChI is InChI=1S/C7H13NO.C6H5I.C2H6/c9-7-5-8-3-1-6(7)2-4-8;7-6-4-2-1-3-5-6;1-2/h6-7,9H,1-5H2;1-5H;1-2H3/t7-;;/m0../s1. The minimum Gasteiger partial charge on any atom is -0.392 e. The van der Waals surface area contributed by atoms with Crippen LogP contribution in [0, 0.1) is 9.49 Å². The smallest absolute Gasteiger partial charge is 0.0696 e. The minimum absolute atomic E-state index is 0.00694. The summed E-state index contributed by atoms with van der Waals surface area (Å²) in [6.45, 7) is 7.38. The van der Waals surface area contributed by atoms with Gasteiger partial charge >= 0.3 is 0 Å². The fourth-order valence-corrected chi connectivity index (χ4v) is 2.76. The lowest BCUT2D eigenvalue weighted by molar-refractivity contribution is -0.0227. The van der Waals surface area contributed by atoms with Crippen LogP contribution < -0.4 is 0 Å². The van der Waals surface area contributed by atoms with Gasteiger partial charge in [-0.2, -0.15) is 0 Å². The lowest BCUT2D eigenvalue weighted by Gasteiger charge is -2.42. The van der Waals surface area contributed by atoms with Gasteiger partial charge in [0.25, 0.3) is 0 Å². The summed E-state index contributed by atoms with van der Waals surface area (Å²) in [5.74, 6) is 0.634. The summed E-state index contributed by atoms with van der Waals surface area (Å²) in [4.78, 5) is 2.35. The highest BCUT2D eigenvalue weighted by Gasteiger charge is 2.32. The molecule has 3 heteroatoms. The molecule has 4 rings (SSSR count). The summed E-state index contributed by atoms with van der Waals surface area (Å²) in [6.07, 6.45) is 2.44. The molecule has 1 aromatic rings. The molecule has 0 saturated carbocycles. The maximum atomic E-state index is 9.36. The normalized spacial score (nSPS) is 28.6. The minimum atomic E-state index is -0.00694. The van der Waals surface area contributed by atoms with Gasteiger partial charge in [0.05, 0.1) is 6.10 Å². The molecular formula is C15H24INO. The van der Waals surface area contributed by atoms with Crippen LogP contribution in [0.3, 0.4) is 0 Å². The van der Waals surface area contributed by atoms with Crippen molar-refractivity contribution in [3.8, 4) is 0 Å². The molecule has 3 aliphatic heterocycles. The largest absolute Gasteiger partial charge is 0.392 e. The van der Waals surface area contributed by atoms with Gasteiger partial charge in [0, 0.05) is 10.1 Å². The van der Waals surface area contributed by atoms with Crippen LogP contribution in [-0.2, 0) is 0 Å². The lowest BCUT2D eigenvalue weighted by Crippen LogP contribution is -2.50. The number of aliphatic hydroxyl groups is 1. The Balaban J connectivity index is 0.000000163. The maximum Gasteiger partial charge on any atom is 0.0696 e. The average Bonchev–Trinajstić information content (AvgIpc) is 2.44. The zero-order chi connectivity index (χ0) is 13.4. The van der Waals surface area contributed by atoms with Crippen LogP contribution in [-0.4, -0.2) is 35.7 Å². The first kappa shape index (κ1) is 15.9. The molecule has 3 heterocycles. The molecule has 102 valence electrons. The molecule has 0 aliphatic carbocycles. The van der Waals surface area contributed by atoms with Crippen molar-refractivity contribution >= 4 is 22.6 Å². The van der Waals surface area contributed by atoms with Crippen molar-refractivity contribution in [1.82, 2.24) is 4.90 Å². The van der Waals surface area contributed by atoms with Crippen molar-refractivity contribution in [2.24, 2.45) is 5.92 Å². The van der Waals surface area contributed by atoms with Crippen LogP contribution in [0.25, 0.3) is 0 Å². The highest BCUT2D eigenvalue weighted by atomic mass is 127. The van der Waals surface area contributed by atoms with Gasteiger partial charge in [0.1, 0.15) is 0 Å². The number of hydrogen-bond acceptors (Lipinski definition) is 2. The van der Waals surface area contributed by atoms with E-state index in [0.29, 0.717) is 5.92 Å². The van der Waals surface area contributed by atoms with E-state index < -0.39 is 0 Å². The molecule has 2 bridgehead atoms. The van der Waals surface area contributed by atoms with E-state index >= 15 is 0 Å².